The van der Waals surface area contributed by atoms with Crippen molar-refractivity contribution in [3.05, 3.63) is 35.9 Å². The average Bonchev–Trinajstić information content (AvgIpc) is 2.95. The zero-order valence-corrected chi connectivity index (χ0v) is 11.0. The third-order valence-corrected chi connectivity index (χ3v) is 3.48. The summed E-state index contributed by atoms with van der Waals surface area (Å²) in [5.41, 5.74) is 0.919. The number of amides is 2. The van der Waals surface area contributed by atoms with E-state index in [2.05, 4.69) is 0 Å². The summed E-state index contributed by atoms with van der Waals surface area (Å²) in [7, 11) is 0. The minimum absolute atomic E-state index is 0.0630. The molecule has 2 aliphatic rings. The molecule has 0 N–H and O–H groups in total. The number of rotatable bonds is 2. The highest BCUT2D eigenvalue weighted by atomic mass is 16.6. The summed E-state index contributed by atoms with van der Waals surface area (Å²) in [6.45, 7) is 1.78. The van der Waals surface area contributed by atoms with Crippen LogP contribution in [-0.2, 0) is 20.9 Å². The minimum Gasteiger partial charge on any atom is -0.445 e. The third kappa shape index (κ3) is 2.60. The Morgan fingerprint density at radius 2 is 2.15 bits per heavy atom. The van der Waals surface area contributed by atoms with E-state index in [0.717, 1.165) is 5.56 Å². The van der Waals surface area contributed by atoms with Crippen LogP contribution >= 0.6 is 0 Å². The van der Waals surface area contributed by atoms with Crippen molar-refractivity contribution in [1.29, 1.82) is 0 Å². The van der Waals surface area contributed by atoms with Crippen LogP contribution in [0.25, 0.3) is 0 Å². The van der Waals surface area contributed by atoms with E-state index >= 15 is 0 Å². The molecule has 2 fully saturated rings. The highest BCUT2D eigenvalue weighted by Gasteiger charge is 2.38. The third-order valence-electron chi connectivity index (χ3n) is 3.48. The van der Waals surface area contributed by atoms with Crippen LogP contribution in [0.15, 0.2) is 30.3 Å². The van der Waals surface area contributed by atoms with Gasteiger partial charge in [-0.3, -0.25) is 9.69 Å². The smallest absolute Gasteiger partial charge is 0.410 e. The Labute approximate surface area is 116 Å². The summed E-state index contributed by atoms with van der Waals surface area (Å²) < 4.78 is 10.7. The molecule has 3 rings (SSSR count). The Morgan fingerprint density at radius 1 is 1.35 bits per heavy atom. The SMILES string of the molecule is O=C(OCc1ccccc1)N1CC(=O)N2CCOC2C1. The highest BCUT2D eigenvalue weighted by molar-refractivity contribution is 5.84. The Morgan fingerprint density at radius 3 is 2.95 bits per heavy atom. The lowest BCUT2D eigenvalue weighted by Crippen LogP contribution is -2.55. The predicted molar refractivity (Wildman–Crippen MR) is 69.7 cm³/mol. The second kappa shape index (κ2) is 5.50. The lowest BCUT2D eigenvalue weighted by atomic mass is 10.2. The molecular formula is C14H16N2O4. The van der Waals surface area contributed by atoms with Crippen molar-refractivity contribution in [3.8, 4) is 0 Å². The molecule has 106 valence electrons. The van der Waals surface area contributed by atoms with Crippen molar-refractivity contribution >= 4 is 12.0 Å². The van der Waals surface area contributed by atoms with Crippen molar-refractivity contribution in [1.82, 2.24) is 9.80 Å². The summed E-state index contributed by atoms with van der Waals surface area (Å²) in [5, 5.41) is 0. The molecule has 0 spiro atoms. The van der Waals surface area contributed by atoms with Crippen molar-refractivity contribution < 1.29 is 19.1 Å². The number of benzene rings is 1. The molecule has 2 heterocycles. The van der Waals surface area contributed by atoms with Crippen LogP contribution in [0.4, 0.5) is 4.79 Å². The first-order valence-corrected chi connectivity index (χ1v) is 6.61. The summed E-state index contributed by atoms with van der Waals surface area (Å²) in [6, 6.07) is 9.45. The molecule has 1 unspecified atom stereocenters. The van der Waals surface area contributed by atoms with Gasteiger partial charge in [0, 0.05) is 6.54 Å². The van der Waals surface area contributed by atoms with E-state index in [1.807, 2.05) is 30.3 Å². The van der Waals surface area contributed by atoms with Gasteiger partial charge in [0.25, 0.3) is 0 Å². The highest BCUT2D eigenvalue weighted by Crippen LogP contribution is 2.18. The molecule has 0 aliphatic carbocycles. The van der Waals surface area contributed by atoms with Crippen LogP contribution in [0.5, 0.6) is 0 Å². The van der Waals surface area contributed by atoms with Crippen molar-refractivity contribution in [2.75, 3.05) is 26.2 Å². The summed E-state index contributed by atoms with van der Waals surface area (Å²) in [6.07, 6.45) is -0.794. The number of ether oxygens (including phenoxy) is 2. The lowest BCUT2D eigenvalue weighted by molar-refractivity contribution is -0.143. The van der Waals surface area contributed by atoms with Gasteiger partial charge < -0.3 is 14.4 Å². The summed E-state index contributed by atoms with van der Waals surface area (Å²) >= 11 is 0. The van der Waals surface area contributed by atoms with Gasteiger partial charge >= 0.3 is 6.09 Å². The first kappa shape index (κ1) is 12.9. The fourth-order valence-electron chi connectivity index (χ4n) is 2.41. The molecule has 1 aromatic carbocycles. The van der Waals surface area contributed by atoms with Crippen LogP contribution < -0.4 is 0 Å². The number of piperazine rings is 1. The maximum absolute atomic E-state index is 12.0. The van der Waals surface area contributed by atoms with Crippen molar-refractivity contribution in [2.24, 2.45) is 0 Å². The number of carbonyl (C=O) groups is 2. The standard InChI is InChI=1S/C14H16N2O4/c17-12-8-15(9-13-16(12)6-7-19-13)14(18)20-10-11-4-2-1-3-5-11/h1-5,13H,6-10H2. The monoisotopic (exact) mass is 276 g/mol. The van der Waals surface area contributed by atoms with E-state index in [9.17, 15) is 9.59 Å². The zero-order chi connectivity index (χ0) is 13.9. The molecule has 1 aromatic rings. The predicted octanol–water partition coefficient (Wildman–Crippen LogP) is 0.824. The Balaban J connectivity index is 1.56. The molecule has 0 saturated carbocycles. The van der Waals surface area contributed by atoms with Gasteiger partial charge in [0.05, 0.1) is 13.2 Å². The van der Waals surface area contributed by atoms with Crippen LogP contribution in [0.1, 0.15) is 5.56 Å². The fraction of sp³-hybridized carbons (Fsp3) is 0.429. The summed E-state index contributed by atoms with van der Waals surface area (Å²) in [4.78, 5) is 26.9. The van der Waals surface area contributed by atoms with Crippen molar-refractivity contribution in [3.63, 3.8) is 0 Å². The van der Waals surface area contributed by atoms with E-state index in [4.69, 9.17) is 9.47 Å². The van der Waals surface area contributed by atoms with E-state index in [1.54, 1.807) is 4.90 Å². The topological polar surface area (TPSA) is 59.1 Å². The second-order valence-electron chi connectivity index (χ2n) is 4.83. The quantitative estimate of drug-likeness (QED) is 0.802. The molecule has 0 radical (unpaired) electrons. The Hall–Kier alpha value is -2.08. The molecular weight excluding hydrogens is 260 g/mol. The number of hydrogen-bond acceptors (Lipinski definition) is 4. The first-order chi connectivity index (χ1) is 9.74. The normalized spacial score (nSPS) is 21.8. The molecule has 0 aromatic heterocycles. The van der Waals surface area contributed by atoms with Crippen LogP contribution in [0.3, 0.4) is 0 Å². The Kier molecular flexibility index (Phi) is 3.56. The molecule has 6 heteroatoms. The van der Waals surface area contributed by atoms with Crippen LogP contribution in [-0.4, -0.2) is 54.3 Å². The van der Waals surface area contributed by atoms with Gasteiger partial charge in [0.15, 0.2) is 0 Å². The second-order valence-corrected chi connectivity index (χ2v) is 4.83. The molecule has 1 atom stereocenters. The molecule has 20 heavy (non-hydrogen) atoms. The zero-order valence-electron chi connectivity index (χ0n) is 11.0. The van der Waals surface area contributed by atoms with Crippen molar-refractivity contribution in [2.45, 2.75) is 12.8 Å². The lowest BCUT2D eigenvalue weighted by Gasteiger charge is -2.35. The summed E-state index contributed by atoms with van der Waals surface area (Å²) in [5.74, 6) is -0.0876. The van der Waals surface area contributed by atoms with Gasteiger partial charge in [-0.15, -0.1) is 0 Å². The molecule has 6 nitrogen and oxygen atoms in total. The minimum atomic E-state index is -0.475. The van der Waals surface area contributed by atoms with Gasteiger partial charge in [0.1, 0.15) is 19.4 Å². The fourth-order valence-corrected chi connectivity index (χ4v) is 2.41. The van der Waals surface area contributed by atoms with Crippen LogP contribution in [0.2, 0.25) is 0 Å². The molecule has 2 saturated heterocycles. The largest absolute Gasteiger partial charge is 0.445 e. The maximum atomic E-state index is 12.0. The first-order valence-electron chi connectivity index (χ1n) is 6.61. The van der Waals surface area contributed by atoms with Gasteiger partial charge in [-0.1, -0.05) is 30.3 Å². The van der Waals surface area contributed by atoms with Gasteiger partial charge in [0.2, 0.25) is 5.91 Å². The van der Waals surface area contributed by atoms with E-state index in [0.29, 0.717) is 19.7 Å². The van der Waals surface area contributed by atoms with E-state index in [-0.39, 0.29) is 25.3 Å². The Bertz CT molecular complexity index is 505. The van der Waals surface area contributed by atoms with E-state index < -0.39 is 6.09 Å². The van der Waals surface area contributed by atoms with Crippen LogP contribution in [0, 0.1) is 0 Å². The number of nitrogens with zero attached hydrogens (tertiary/aromatic N) is 2. The van der Waals surface area contributed by atoms with E-state index in [1.165, 1.54) is 4.90 Å². The molecule has 2 amide bonds. The average molecular weight is 276 g/mol. The molecule has 0 bridgehead atoms. The molecule has 2 aliphatic heterocycles. The van der Waals surface area contributed by atoms with Gasteiger partial charge in [-0.25, -0.2) is 4.79 Å². The van der Waals surface area contributed by atoms with Gasteiger partial charge in [-0.05, 0) is 5.56 Å². The van der Waals surface area contributed by atoms with Gasteiger partial charge in [-0.2, -0.15) is 0 Å². The number of fused-ring (bicyclic) bond motifs is 1. The number of hydrogen-bond donors (Lipinski definition) is 0. The number of carbonyl (C=O) groups excluding carboxylic acids is 2. The maximum Gasteiger partial charge on any atom is 0.410 e.